The van der Waals surface area contributed by atoms with Gasteiger partial charge in [0.2, 0.25) is 0 Å². The molecule has 1 aromatic carbocycles. The monoisotopic (exact) mass is 301 g/mol. The summed E-state index contributed by atoms with van der Waals surface area (Å²) in [7, 11) is -3.66. The number of pyridine rings is 1. The summed E-state index contributed by atoms with van der Waals surface area (Å²) in [6.07, 6.45) is 0. The lowest BCUT2D eigenvalue weighted by molar-refractivity contribution is 0.601. The molecule has 0 amide bonds. The van der Waals surface area contributed by atoms with Gasteiger partial charge in [-0.05, 0) is 42.7 Å². The van der Waals surface area contributed by atoms with Gasteiger partial charge in [-0.1, -0.05) is 24.1 Å². The molecule has 0 saturated heterocycles. The minimum absolute atomic E-state index is 0.197. The maximum atomic E-state index is 12.3. The second kappa shape index (κ2) is 6.39. The van der Waals surface area contributed by atoms with Crippen molar-refractivity contribution in [3.63, 3.8) is 0 Å². The van der Waals surface area contributed by atoms with Gasteiger partial charge in [0.25, 0.3) is 10.0 Å². The zero-order chi connectivity index (χ0) is 15.3. The van der Waals surface area contributed by atoms with E-state index in [2.05, 4.69) is 21.5 Å². The van der Waals surface area contributed by atoms with Gasteiger partial charge >= 0.3 is 0 Å². The van der Waals surface area contributed by atoms with E-state index in [-0.39, 0.29) is 17.3 Å². The number of nitrogens with zero attached hydrogens (tertiary/aromatic N) is 1. The minimum atomic E-state index is -3.66. The zero-order valence-electron chi connectivity index (χ0n) is 11.5. The van der Waals surface area contributed by atoms with Crippen LogP contribution in [0.1, 0.15) is 11.3 Å². The Kier molecular flexibility index (Phi) is 4.58. The summed E-state index contributed by atoms with van der Waals surface area (Å²) in [5.41, 5.74) is 6.63. The fourth-order valence-electron chi connectivity index (χ4n) is 1.68. The smallest absolute Gasteiger partial charge is 0.263 e. The van der Waals surface area contributed by atoms with Crippen molar-refractivity contribution in [3.05, 3.63) is 53.7 Å². The number of anilines is 1. The molecule has 0 bridgehead atoms. The molecule has 0 aliphatic heterocycles. The van der Waals surface area contributed by atoms with Gasteiger partial charge in [-0.15, -0.1) is 0 Å². The molecule has 0 saturated carbocycles. The third-order valence-corrected chi connectivity index (χ3v) is 3.96. The largest absolute Gasteiger partial charge is 0.320 e. The lowest BCUT2D eigenvalue weighted by Crippen LogP contribution is -2.14. The first kappa shape index (κ1) is 15.0. The second-order valence-corrected chi connectivity index (χ2v) is 6.02. The molecule has 0 aliphatic rings. The number of aryl methyl sites for hydroxylation is 1. The number of benzene rings is 1. The molecule has 0 radical (unpaired) electrons. The fraction of sp³-hybridized carbons (Fsp3) is 0.133. The molecule has 3 N–H and O–H groups in total. The van der Waals surface area contributed by atoms with Gasteiger partial charge in [-0.25, -0.2) is 13.4 Å². The predicted octanol–water partition coefficient (Wildman–Crippen LogP) is 1.50. The average molecular weight is 301 g/mol. The van der Waals surface area contributed by atoms with Crippen molar-refractivity contribution < 1.29 is 8.42 Å². The molecule has 1 heterocycles. The van der Waals surface area contributed by atoms with Gasteiger partial charge in [0, 0.05) is 0 Å². The molecule has 6 heteroatoms. The molecule has 0 spiro atoms. The molecule has 1 aromatic heterocycles. The highest BCUT2D eigenvalue weighted by atomic mass is 32.2. The molecular weight excluding hydrogens is 286 g/mol. The molecule has 2 aromatic rings. The maximum absolute atomic E-state index is 12.3. The molecule has 0 atom stereocenters. The predicted molar refractivity (Wildman–Crippen MR) is 82.2 cm³/mol. The third kappa shape index (κ3) is 4.05. The summed E-state index contributed by atoms with van der Waals surface area (Å²) in [5.74, 6) is 5.65. The first-order valence-electron chi connectivity index (χ1n) is 6.27. The van der Waals surface area contributed by atoms with E-state index in [1.165, 1.54) is 6.07 Å². The van der Waals surface area contributed by atoms with E-state index < -0.39 is 10.0 Å². The summed E-state index contributed by atoms with van der Waals surface area (Å²) in [5, 5.41) is 0. The number of nitrogens with two attached hydrogens (primary N) is 1. The summed E-state index contributed by atoms with van der Waals surface area (Å²) in [6.45, 7) is 2.06. The number of sulfonamides is 1. The van der Waals surface area contributed by atoms with Crippen LogP contribution in [-0.2, 0) is 10.0 Å². The molecule has 5 nitrogen and oxygen atoms in total. The van der Waals surface area contributed by atoms with E-state index in [1.807, 2.05) is 13.0 Å². The van der Waals surface area contributed by atoms with Crippen LogP contribution in [0.25, 0.3) is 0 Å². The molecule has 108 valence electrons. The summed E-state index contributed by atoms with van der Waals surface area (Å²) in [4.78, 5) is 4.32. The molecule has 0 fully saturated rings. The Morgan fingerprint density at radius 3 is 2.71 bits per heavy atom. The Balaban J connectivity index is 2.29. The third-order valence-electron chi connectivity index (χ3n) is 2.61. The topological polar surface area (TPSA) is 85.1 Å². The van der Waals surface area contributed by atoms with E-state index in [0.29, 0.717) is 5.69 Å². The van der Waals surface area contributed by atoms with Gasteiger partial charge in [-0.2, -0.15) is 0 Å². The Morgan fingerprint density at radius 1 is 1.24 bits per heavy atom. The summed E-state index contributed by atoms with van der Waals surface area (Å²) >= 11 is 0. The molecular formula is C15H15N3O2S. The van der Waals surface area contributed by atoms with Crippen molar-refractivity contribution in [1.29, 1.82) is 0 Å². The van der Waals surface area contributed by atoms with E-state index in [0.717, 1.165) is 5.56 Å². The Hall–Kier alpha value is -2.36. The van der Waals surface area contributed by atoms with Gasteiger partial charge in [0.05, 0.1) is 11.4 Å². The van der Waals surface area contributed by atoms with E-state index in [1.54, 1.807) is 30.3 Å². The van der Waals surface area contributed by atoms with Crippen molar-refractivity contribution in [3.8, 4) is 11.8 Å². The lowest BCUT2D eigenvalue weighted by atomic mass is 10.2. The quantitative estimate of drug-likeness (QED) is 0.841. The van der Waals surface area contributed by atoms with Crippen molar-refractivity contribution in [2.24, 2.45) is 5.73 Å². The van der Waals surface area contributed by atoms with E-state index in [9.17, 15) is 8.42 Å². The van der Waals surface area contributed by atoms with Crippen LogP contribution < -0.4 is 10.5 Å². The lowest BCUT2D eigenvalue weighted by Gasteiger charge is -2.08. The normalized spacial score (nSPS) is 10.6. The molecule has 2 rings (SSSR count). The first-order valence-corrected chi connectivity index (χ1v) is 7.75. The Bertz CT molecular complexity index is 805. The van der Waals surface area contributed by atoms with Crippen molar-refractivity contribution in [2.75, 3.05) is 11.3 Å². The summed E-state index contributed by atoms with van der Waals surface area (Å²) < 4.78 is 27.0. The van der Waals surface area contributed by atoms with E-state index >= 15 is 0 Å². The van der Waals surface area contributed by atoms with Crippen LogP contribution in [0.4, 0.5) is 5.82 Å². The Labute approximate surface area is 124 Å². The first-order chi connectivity index (χ1) is 10.0. The number of hydrogen-bond acceptors (Lipinski definition) is 4. The minimum Gasteiger partial charge on any atom is -0.320 e. The highest BCUT2D eigenvalue weighted by Crippen LogP contribution is 2.15. The van der Waals surface area contributed by atoms with Crippen LogP contribution >= 0.6 is 0 Å². The SMILES string of the molecule is Cc1cccc(S(=O)(=O)Nc2cccc(C#CCN)n2)c1. The molecule has 0 aliphatic carbocycles. The van der Waals surface area contributed by atoms with Crippen molar-refractivity contribution in [1.82, 2.24) is 4.98 Å². The van der Waals surface area contributed by atoms with Crippen LogP contribution in [0.15, 0.2) is 47.4 Å². The fourth-order valence-corrected chi connectivity index (χ4v) is 2.79. The highest BCUT2D eigenvalue weighted by Gasteiger charge is 2.14. The van der Waals surface area contributed by atoms with Crippen molar-refractivity contribution >= 4 is 15.8 Å². The van der Waals surface area contributed by atoms with E-state index in [4.69, 9.17) is 5.73 Å². The Morgan fingerprint density at radius 2 is 2.00 bits per heavy atom. The van der Waals surface area contributed by atoms with Crippen LogP contribution in [0, 0.1) is 18.8 Å². The van der Waals surface area contributed by atoms with Crippen LogP contribution in [-0.4, -0.2) is 19.9 Å². The molecule has 0 unspecified atom stereocenters. The number of rotatable bonds is 3. The number of nitrogens with one attached hydrogen (secondary N) is 1. The second-order valence-electron chi connectivity index (χ2n) is 4.34. The zero-order valence-corrected chi connectivity index (χ0v) is 12.3. The summed E-state index contributed by atoms with van der Waals surface area (Å²) in [6, 6.07) is 11.6. The van der Waals surface area contributed by atoms with Gasteiger partial charge < -0.3 is 5.73 Å². The van der Waals surface area contributed by atoms with Gasteiger partial charge in [0.1, 0.15) is 11.5 Å². The van der Waals surface area contributed by atoms with Crippen LogP contribution in [0.3, 0.4) is 0 Å². The van der Waals surface area contributed by atoms with Crippen LogP contribution in [0.5, 0.6) is 0 Å². The standard InChI is InChI=1S/C15H15N3O2S/c1-12-5-2-8-14(11-12)21(19,20)18-15-9-3-6-13(17-15)7-4-10-16/h2-3,5-6,8-9,11H,10,16H2,1H3,(H,17,18). The van der Waals surface area contributed by atoms with Crippen LogP contribution in [0.2, 0.25) is 0 Å². The molecule has 21 heavy (non-hydrogen) atoms. The average Bonchev–Trinajstić information content (AvgIpc) is 2.45. The van der Waals surface area contributed by atoms with Gasteiger partial charge in [-0.3, -0.25) is 4.72 Å². The number of hydrogen-bond donors (Lipinski definition) is 2. The van der Waals surface area contributed by atoms with Crippen molar-refractivity contribution in [2.45, 2.75) is 11.8 Å². The highest BCUT2D eigenvalue weighted by molar-refractivity contribution is 7.92. The number of aromatic nitrogens is 1. The van der Waals surface area contributed by atoms with Gasteiger partial charge in [0.15, 0.2) is 0 Å². The maximum Gasteiger partial charge on any atom is 0.263 e.